The molecule has 170 valence electrons. The highest BCUT2D eigenvalue weighted by molar-refractivity contribution is 7.08. The number of hydrogen-bond acceptors (Lipinski definition) is 6. The Balaban J connectivity index is 1.39. The lowest BCUT2D eigenvalue weighted by Gasteiger charge is -2.10. The molecule has 0 aliphatic rings. The Bertz CT molecular complexity index is 1020. The van der Waals surface area contributed by atoms with Gasteiger partial charge in [0.15, 0.2) is 0 Å². The number of anilines is 2. The van der Waals surface area contributed by atoms with E-state index in [0.717, 1.165) is 55.5 Å². The third kappa shape index (κ3) is 7.49. The van der Waals surface area contributed by atoms with Crippen LogP contribution in [0.1, 0.15) is 50.6 Å². The number of thiophene rings is 1. The molecule has 0 aliphatic carbocycles. The number of hydrogen-bond donors (Lipinski definition) is 3. The van der Waals surface area contributed by atoms with Crippen molar-refractivity contribution in [2.24, 2.45) is 0 Å². The molecule has 3 rings (SSSR count). The van der Waals surface area contributed by atoms with E-state index in [9.17, 15) is 9.59 Å². The molecule has 0 fully saturated rings. The lowest BCUT2D eigenvalue weighted by atomic mass is 10.1. The quantitative estimate of drug-likeness (QED) is 0.256. The van der Waals surface area contributed by atoms with Gasteiger partial charge in [-0.05, 0) is 52.9 Å². The predicted molar refractivity (Wildman–Crippen MR) is 126 cm³/mol. The normalized spacial score (nSPS) is 10.9. The molecule has 9 heteroatoms. The fourth-order valence-corrected chi connectivity index (χ4v) is 4.03. The third-order valence-corrected chi connectivity index (χ3v) is 5.84. The van der Waals surface area contributed by atoms with Crippen molar-refractivity contribution in [3.05, 3.63) is 46.9 Å². The van der Waals surface area contributed by atoms with Crippen molar-refractivity contribution in [2.75, 3.05) is 11.1 Å². The zero-order valence-electron chi connectivity index (χ0n) is 18.0. The number of nitrogens with one attached hydrogen (secondary N) is 1. The van der Waals surface area contributed by atoms with Crippen molar-refractivity contribution >= 4 is 34.6 Å². The van der Waals surface area contributed by atoms with Crippen LogP contribution in [0, 0.1) is 0 Å². The van der Waals surface area contributed by atoms with Crippen molar-refractivity contribution in [1.82, 2.24) is 15.0 Å². The molecule has 0 unspecified atom stereocenters. The van der Waals surface area contributed by atoms with Gasteiger partial charge < -0.3 is 16.2 Å². The number of aliphatic carboxylic acids is 1. The molecule has 0 atom stereocenters. The number of aryl methyl sites for hydroxylation is 2. The summed E-state index contributed by atoms with van der Waals surface area (Å²) < 4.78 is 1.80. The summed E-state index contributed by atoms with van der Waals surface area (Å²) >= 11 is 1.62. The fraction of sp³-hybridized carbons (Fsp3) is 0.391. The molecule has 0 bridgehead atoms. The Morgan fingerprint density at radius 2 is 1.88 bits per heavy atom. The Morgan fingerprint density at radius 1 is 1.06 bits per heavy atom. The van der Waals surface area contributed by atoms with Crippen LogP contribution in [-0.2, 0) is 22.6 Å². The number of carbonyl (C=O) groups is 2. The highest BCUT2D eigenvalue weighted by Gasteiger charge is 2.10. The second kappa shape index (κ2) is 12.0. The summed E-state index contributed by atoms with van der Waals surface area (Å²) in [4.78, 5) is 22.9. The number of nitrogens with zero attached hydrogens (tertiary/aromatic N) is 3. The molecule has 4 N–H and O–H groups in total. The van der Waals surface area contributed by atoms with Gasteiger partial charge >= 0.3 is 5.97 Å². The van der Waals surface area contributed by atoms with E-state index in [4.69, 9.17) is 10.8 Å². The molecule has 0 saturated carbocycles. The number of unbranched alkanes of at least 4 members (excludes halogenated alkanes) is 4. The number of rotatable bonds is 13. The first kappa shape index (κ1) is 23.5. The van der Waals surface area contributed by atoms with Crippen LogP contribution < -0.4 is 11.1 Å². The number of benzene rings is 1. The van der Waals surface area contributed by atoms with Gasteiger partial charge in [0.05, 0.1) is 17.1 Å². The SMILES string of the molecule is Nc1ccc(-c2ccsc2)cc1NC(=O)CCc1cn(CCCCCCCC(=O)O)nn1. The van der Waals surface area contributed by atoms with E-state index in [2.05, 4.69) is 21.0 Å². The smallest absolute Gasteiger partial charge is 0.303 e. The lowest BCUT2D eigenvalue weighted by molar-refractivity contribution is -0.137. The molecule has 1 amide bonds. The van der Waals surface area contributed by atoms with Gasteiger partial charge in [-0.3, -0.25) is 14.3 Å². The maximum atomic E-state index is 12.4. The summed E-state index contributed by atoms with van der Waals surface area (Å²) in [5, 5.41) is 23.9. The minimum Gasteiger partial charge on any atom is -0.481 e. The largest absolute Gasteiger partial charge is 0.481 e. The predicted octanol–water partition coefficient (Wildman–Crippen LogP) is 4.59. The molecular weight excluding hydrogens is 426 g/mol. The molecule has 0 saturated heterocycles. The van der Waals surface area contributed by atoms with E-state index in [1.54, 1.807) is 22.1 Å². The van der Waals surface area contributed by atoms with Crippen molar-refractivity contribution in [2.45, 2.75) is 57.9 Å². The highest BCUT2D eigenvalue weighted by Crippen LogP contribution is 2.28. The van der Waals surface area contributed by atoms with Gasteiger partial charge in [0.1, 0.15) is 0 Å². The van der Waals surface area contributed by atoms with Gasteiger partial charge in [-0.15, -0.1) is 5.10 Å². The van der Waals surface area contributed by atoms with E-state index in [1.807, 2.05) is 29.8 Å². The van der Waals surface area contributed by atoms with E-state index >= 15 is 0 Å². The lowest BCUT2D eigenvalue weighted by Crippen LogP contribution is -2.13. The number of nitrogens with two attached hydrogens (primary N) is 1. The molecule has 1 aromatic carbocycles. The van der Waals surface area contributed by atoms with Gasteiger partial charge in [0.25, 0.3) is 0 Å². The zero-order chi connectivity index (χ0) is 22.8. The zero-order valence-corrected chi connectivity index (χ0v) is 18.8. The number of amides is 1. The topological polar surface area (TPSA) is 123 Å². The summed E-state index contributed by atoms with van der Waals surface area (Å²) in [6, 6.07) is 7.68. The van der Waals surface area contributed by atoms with Gasteiger partial charge in [-0.2, -0.15) is 11.3 Å². The highest BCUT2D eigenvalue weighted by atomic mass is 32.1. The van der Waals surface area contributed by atoms with Gasteiger partial charge in [0.2, 0.25) is 5.91 Å². The number of nitrogen functional groups attached to an aromatic ring is 1. The van der Waals surface area contributed by atoms with Crippen LogP contribution in [0.2, 0.25) is 0 Å². The van der Waals surface area contributed by atoms with Crippen LogP contribution in [0.25, 0.3) is 11.1 Å². The monoisotopic (exact) mass is 455 g/mol. The second-order valence-corrected chi connectivity index (χ2v) is 8.53. The first-order chi connectivity index (χ1) is 15.5. The van der Waals surface area contributed by atoms with Crippen LogP contribution in [-0.4, -0.2) is 32.0 Å². The molecule has 8 nitrogen and oxygen atoms in total. The van der Waals surface area contributed by atoms with Gasteiger partial charge in [-0.1, -0.05) is 30.5 Å². The Hall–Kier alpha value is -3.20. The molecule has 3 aromatic rings. The number of carboxylic acids is 1. The van der Waals surface area contributed by atoms with E-state index in [0.29, 0.717) is 24.2 Å². The first-order valence-corrected chi connectivity index (χ1v) is 11.8. The van der Waals surface area contributed by atoms with Crippen molar-refractivity contribution in [1.29, 1.82) is 0 Å². The van der Waals surface area contributed by atoms with Crippen LogP contribution >= 0.6 is 11.3 Å². The van der Waals surface area contributed by atoms with Crippen LogP contribution in [0.15, 0.2) is 41.2 Å². The molecule has 0 aliphatic heterocycles. The Morgan fingerprint density at radius 3 is 2.66 bits per heavy atom. The summed E-state index contributed by atoms with van der Waals surface area (Å²) in [6.07, 6.45) is 7.61. The Kier molecular flexibility index (Phi) is 8.79. The standard InChI is InChI=1S/C23H29N5O3S/c24-20-9-7-17(18-11-13-32-16-18)14-21(20)25-22(29)10-8-19-15-28(27-26-19)12-5-3-1-2-4-6-23(30)31/h7,9,11,13-16H,1-6,8,10,12,24H2,(H,25,29)(H,30,31). The van der Waals surface area contributed by atoms with Crippen molar-refractivity contribution in [3.8, 4) is 11.1 Å². The Labute approximate surface area is 191 Å². The summed E-state index contributed by atoms with van der Waals surface area (Å²) in [5.41, 5.74) is 10.1. The van der Waals surface area contributed by atoms with E-state index in [1.165, 1.54) is 0 Å². The number of carboxylic acid groups (broad SMARTS) is 1. The molecule has 0 radical (unpaired) electrons. The average molecular weight is 456 g/mol. The molecule has 32 heavy (non-hydrogen) atoms. The van der Waals surface area contributed by atoms with Gasteiger partial charge in [-0.25, -0.2) is 0 Å². The summed E-state index contributed by atoms with van der Waals surface area (Å²) in [7, 11) is 0. The van der Waals surface area contributed by atoms with Crippen LogP contribution in [0.4, 0.5) is 11.4 Å². The summed E-state index contributed by atoms with van der Waals surface area (Å²) in [6.45, 7) is 0.768. The van der Waals surface area contributed by atoms with Gasteiger partial charge in [0, 0.05) is 32.0 Å². The average Bonchev–Trinajstić information content (AvgIpc) is 3.45. The minimum absolute atomic E-state index is 0.116. The molecule has 0 spiro atoms. The number of carbonyl (C=O) groups excluding carboxylic acids is 1. The third-order valence-electron chi connectivity index (χ3n) is 5.15. The fourth-order valence-electron chi connectivity index (χ4n) is 3.37. The molecular formula is C23H29N5O3S. The van der Waals surface area contributed by atoms with E-state index in [-0.39, 0.29) is 12.3 Å². The number of aromatic nitrogens is 3. The van der Waals surface area contributed by atoms with Crippen molar-refractivity contribution in [3.63, 3.8) is 0 Å². The van der Waals surface area contributed by atoms with E-state index < -0.39 is 5.97 Å². The summed E-state index contributed by atoms with van der Waals surface area (Å²) in [5.74, 6) is -0.848. The second-order valence-electron chi connectivity index (χ2n) is 7.75. The van der Waals surface area contributed by atoms with Crippen LogP contribution in [0.3, 0.4) is 0 Å². The molecule has 2 heterocycles. The minimum atomic E-state index is -0.732. The van der Waals surface area contributed by atoms with Crippen molar-refractivity contribution < 1.29 is 14.7 Å². The first-order valence-electron chi connectivity index (χ1n) is 10.8. The maximum absolute atomic E-state index is 12.4. The van der Waals surface area contributed by atoms with Crippen LogP contribution in [0.5, 0.6) is 0 Å². The molecule has 2 aromatic heterocycles. The maximum Gasteiger partial charge on any atom is 0.303 e.